The highest BCUT2D eigenvalue weighted by Gasteiger charge is 2.53. The number of carboxylic acids is 1. The second-order valence-corrected chi connectivity index (χ2v) is 4.60. The van der Waals surface area contributed by atoms with Crippen LogP contribution >= 0.6 is 22.6 Å². The van der Waals surface area contributed by atoms with E-state index in [-0.39, 0.29) is 0 Å². The number of benzene rings is 1. The largest absolute Gasteiger partial charge is 0.478 e. The molecule has 0 spiro atoms. The Labute approximate surface area is 95.2 Å². The van der Waals surface area contributed by atoms with Crippen LogP contribution in [0, 0.1) is 3.57 Å². The van der Waals surface area contributed by atoms with Crippen LogP contribution in [0.2, 0.25) is 0 Å². The maximum absolute atomic E-state index is 10.8. The van der Waals surface area contributed by atoms with Crippen molar-refractivity contribution < 1.29 is 14.6 Å². The Bertz CT molecular complexity index is 354. The second-order valence-electron chi connectivity index (χ2n) is 3.36. The van der Waals surface area contributed by atoms with E-state index >= 15 is 0 Å². The minimum absolute atomic E-state index is 0.605. The van der Waals surface area contributed by atoms with Crippen molar-refractivity contribution in [3.63, 3.8) is 0 Å². The number of aliphatic carboxylic acids is 1. The van der Waals surface area contributed by atoms with Gasteiger partial charge >= 0.3 is 5.97 Å². The Morgan fingerprint density at radius 1 is 1.36 bits per heavy atom. The molecule has 1 aliphatic carbocycles. The molecule has 74 valence electrons. The number of hydrogen-bond donors (Lipinski definition) is 1. The highest BCUT2D eigenvalue weighted by atomic mass is 127. The van der Waals surface area contributed by atoms with E-state index in [0.717, 1.165) is 3.57 Å². The molecule has 2 rings (SSSR count). The van der Waals surface area contributed by atoms with Crippen LogP contribution in [0.3, 0.4) is 0 Å². The van der Waals surface area contributed by atoms with E-state index in [4.69, 9.17) is 9.84 Å². The fraction of sp³-hybridized carbons (Fsp3) is 0.300. The van der Waals surface area contributed by atoms with Gasteiger partial charge in [0.25, 0.3) is 0 Å². The first kappa shape index (κ1) is 9.76. The van der Waals surface area contributed by atoms with Gasteiger partial charge in [0.05, 0.1) is 0 Å². The molecular formula is C10H9IO3. The molecule has 0 unspecified atom stereocenters. The summed E-state index contributed by atoms with van der Waals surface area (Å²) < 4.78 is 6.53. The van der Waals surface area contributed by atoms with Crippen LogP contribution in [0.5, 0.6) is 5.75 Å². The van der Waals surface area contributed by atoms with Gasteiger partial charge in [-0.25, -0.2) is 4.79 Å². The van der Waals surface area contributed by atoms with Gasteiger partial charge in [0, 0.05) is 16.4 Å². The topological polar surface area (TPSA) is 46.5 Å². The number of hydrogen-bond acceptors (Lipinski definition) is 2. The summed E-state index contributed by atoms with van der Waals surface area (Å²) in [5.74, 6) is -0.235. The van der Waals surface area contributed by atoms with Crippen LogP contribution in [0.15, 0.2) is 24.3 Å². The van der Waals surface area contributed by atoms with Crippen LogP contribution < -0.4 is 4.74 Å². The molecule has 0 saturated heterocycles. The van der Waals surface area contributed by atoms with Crippen LogP contribution in [0.1, 0.15) is 12.8 Å². The fourth-order valence-electron chi connectivity index (χ4n) is 1.20. The Hall–Kier alpha value is -0.780. The van der Waals surface area contributed by atoms with E-state index in [1.807, 2.05) is 12.1 Å². The van der Waals surface area contributed by atoms with Crippen molar-refractivity contribution in [2.24, 2.45) is 0 Å². The number of carbonyl (C=O) groups is 1. The fourth-order valence-corrected chi connectivity index (χ4v) is 1.56. The van der Waals surface area contributed by atoms with Gasteiger partial charge < -0.3 is 9.84 Å². The Balaban J connectivity index is 2.11. The van der Waals surface area contributed by atoms with Gasteiger partial charge in [-0.05, 0) is 46.9 Å². The van der Waals surface area contributed by atoms with Crippen LogP contribution in [0.25, 0.3) is 0 Å². The lowest BCUT2D eigenvalue weighted by Gasteiger charge is -2.12. The normalized spacial score (nSPS) is 17.5. The predicted octanol–water partition coefficient (Wildman–Crippen LogP) is 2.29. The lowest BCUT2D eigenvalue weighted by molar-refractivity contribution is -0.147. The van der Waals surface area contributed by atoms with E-state index in [1.165, 1.54) is 0 Å². The maximum Gasteiger partial charge on any atom is 0.348 e. The zero-order chi connectivity index (χ0) is 10.2. The van der Waals surface area contributed by atoms with E-state index in [1.54, 1.807) is 12.1 Å². The van der Waals surface area contributed by atoms with Gasteiger partial charge in [-0.15, -0.1) is 0 Å². The highest BCUT2D eigenvalue weighted by molar-refractivity contribution is 14.1. The summed E-state index contributed by atoms with van der Waals surface area (Å²) in [4.78, 5) is 10.8. The summed E-state index contributed by atoms with van der Waals surface area (Å²) in [6, 6.07) is 7.39. The summed E-state index contributed by atoms with van der Waals surface area (Å²) in [5.41, 5.74) is -0.938. The molecule has 0 aliphatic heterocycles. The van der Waals surface area contributed by atoms with Crippen molar-refractivity contribution in [2.45, 2.75) is 18.4 Å². The predicted molar refractivity (Wildman–Crippen MR) is 59.4 cm³/mol. The maximum atomic E-state index is 10.8. The van der Waals surface area contributed by atoms with Gasteiger partial charge in [-0.1, -0.05) is 0 Å². The van der Waals surface area contributed by atoms with Crippen molar-refractivity contribution in [1.29, 1.82) is 0 Å². The molecule has 1 aromatic carbocycles. The smallest absolute Gasteiger partial charge is 0.348 e. The molecule has 0 heterocycles. The van der Waals surface area contributed by atoms with Crippen molar-refractivity contribution in [2.75, 3.05) is 0 Å². The highest BCUT2D eigenvalue weighted by Crippen LogP contribution is 2.40. The average molecular weight is 304 g/mol. The van der Waals surface area contributed by atoms with Gasteiger partial charge in [-0.3, -0.25) is 0 Å². The number of rotatable bonds is 3. The first-order valence-electron chi connectivity index (χ1n) is 4.30. The third kappa shape index (κ3) is 1.84. The molecule has 0 bridgehead atoms. The van der Waals surface area contributed by atoms with Gasteiger partial charge in [0.1, 0.15) is 5.75 Å². The third-order valence-electron chi connectivity index (χ3n) is 2.22. The molecule has 1 saturated carbocycles. The molecule has 1 N–H and O–H groups in total. The van der Waals surface area contributed by atoms with Crippen LogP contribution in [-0.2, 0) is 4.79 Å². The van der Waals surface area contributed by atoms with E-state index in [2.05, 4.69) is 22.6 Å². The zero-order valence-electron chi connectivity index (χ0n) is 7.37. The molecule has 4 heteroatoms. The minimum Gasteiger partial charge on any atom is -0.478 e. The summed E-state index contributed by atoms with van der Waals surface area (Å²) in [6.07, 6.45) is 1.21. The van der Waals surface area contributed by atoms with Gasteiger partial charge in [0.2, 0.25) is 5.60 Å². The molecule has 3 nitrogen and oxygen atoms in total. The van der Waals surface area contributed by atoms with E-state index in [9.17, 15) is 4.79 Å². The second kappa shape index (κ2) is 3.42. The first-order chi connectivity index (χ1) is 6.62. The van der Waals surface area contributed by atoms with Crippen LogP contribution in [0.4, 0.5) is 0 Å². The SMILES string of the molecule is O=C(O)C1(Oc2ccc(I)cc2)CC1. The Morgan fingerprint density at radius 2 is 1.93 bits per heavy atom. The monoisotopic (exact) mass is 304 g/mol. The molecule has 0 atom stereocenters. The molecule has 1 fully saturated rings. The quantitative estimate of drug-likeness (QED) is 0.872. The number of ether oxygens (including phenoxy) is 1. The van der Waals surface area contributed by atoms with E-state index in [0.29, 0.717) is 18.6 Å². The lowest BCUT2D eigenvalue weighted by Crippen LogP contribution is -2.28. The molecule has 0 amide bonds. The van der Waals surface area contributed by atoms with Crippen molar-refractivity contribution in [1.82, 2.24) is 0 Å². The number of carboxylic acid groups (broad SMARTS) is 1. The minimum atomic E-state index is -0.938. The molecule has 0 radical (unpaired) electrons. The lowest BCUT2D eigenvalue weighted by atomic mass is 10.3. The van der Waals surface area contributed by atoms with E-state index < -0.39 is 11.6 Å². The summed E-state index contributed by atoms with van der Waals surface area (Å²) in [7, 11) is 0. The standard InChI is InChI=1S/C10H9IO3/c11-7-1-3-8(4-2-7)14-10(5-6-10)9(12)13/h1-4H,5-6H2,(H,12,13). The Morgan fingerprint density at radius 3 is 2.36 bits per heavy atom. The van der Waals surface area contributed by atoms with Crippen molar-refractivity contribution >= 4 is 28.6 Å². The zero-order valence-corrected chi connectivity index (χ0v) is 9.52. The average Bonchev–Trinajstić information content (AvgIpc) is 2.90. The summed E-state index contributed by atoms with van der Waals surface area (Å²) in [5, 5.41) is 8.89. The Kier molecular flexibility index (Phi) is 2.38. The van der Waals surface area contributed by atoms with Gasteiger partial charge in [0.15, 0.2) is 0 Å². The third-order valence-corrected chi connectivity index (χ3v) is 2.94. The summed E-state index contributed by atoms with van der Waals surface area (Å²) in [6.45, 7) is 0. The summed E-state index contributed by atoms with van der Waals surface area (Å²) >= 11 is 2.19. The van der Waals surface area contributed by atoms with Crippen molar-refractivity contribution in [3.8, 4) is 5.75 Å². The molecule has 0 aromatic heterocycles. The molecule has 14 heavy (non-hydrogen) atoms. The molecule has 1 aromatic rings. The molecule has 1 aliphatic rings. The van der Waals surface area contributed by atoms with Crippen molar-refractivity contribution in [3.05, 3.63) is 27.8 Å². The van der Waals surface area contributed by atoms with Gasteiger partial charge in [-0.2, -0.15) is 0 Å². The number of halogens is 1. The molecular weight excluding hydrogens is 295 g/mol. The van der Waals surface area contributed by atoms with Crippen LogP contribution in [-0.4, -0.2) is 16.7 Å². The first-order valence-corrected chi connectivity index (χ1v) is 5.38.